The van der Waals surface area contributed by atoms with Gasteiger partial charge in [-0.3, -0.25) is 14.3 Å². The fraction of sp³-hybridized carbons (Fsp3) is 0.477. The molecule has 0 amide bonds. The van der Waals surface area contributed by atoms with Crippen LogP contribution in [0.15, 0.2) is 79.8 Å². The predicted octanol–water partition coefficient (Wildman–Crippen LogP) is 7.53. The van der Waals surface area contributed by atoms with E-state index in [0.717, 1.165) is 150 Å². The van der Waals surface area contributed by atoms with Gasteiger partial charge in [-0.2, -0.15) is 0 Å². The van der Waals surface area contributed by atoms with Crippen molar-refractivity contribution >= 4 is 45.7 Å². The first-order valence-corrected chi connectivity index (χ1v) is 21.8. The average Bonchev–Trinajstić information content (AvgIpc) is 3.65. The molecule has 9 rings (SSSR count). The van der Waals surface area contributed by atoms with Gasteiger partial charge in [0.1, 0.15) is 11.6 Å². The zero-order chi connectivity index (χ0) is 39.3. The van der Waals surface area contributed by atoms with E-state index in [-0.39, 0.29) is 18.0 Å². The quantitative estimate of drug-likeness (QED) is 0.153. The number of hydrogen-bond acceptors (Lipinski definition) is 10. The number of β-amino-alcohol motifs (C(OH)–C–C–N with tert-alkyl or cyclic N) is 1. The number of piperazine rings is 1. The van der Waals surface area contributed by atoms with E-state index in [0.29, 0.717) is 11.5 Å². The van der Waals surface area contributed by atoms with Gasteiger partial charge in [0, 0.05) is 102 Å². The fourth-order valence-electron chi connectivity index (χ4n) is 8.82. The Bertz CT molecular complexity index is 2220. The van der Waals surface area contributed by atoms with E-state index in [1.807, 2.05) is 29.3 Å². The molecule has 5 aromatic rings. The molecule has 0 radical (unpaired) electrons. The van der Waals surface area contributed by atoms with Crippen LogP contribution in [-0.2, 0) is 19.4 Å². The molecule has 57 heavy (non-hydrogen) atoms. The highest BCUT2D eigenvalue weighted by Crippen LogP contribution is 2.48. The van der Waals surface area contributed by atoms with Crippen LogP contribution in [0.2, 0.25) is 5.02 Å². The topological polar surface area (TPSA) is 94.1 Å². The fourth-order valence-corrected chi connectivity index (χ4v) is 10.1. The lowest BCUT2D eigenvalue weighted by Crippen LogP contribution is -2.47. The maximum absolute atomic E-state index is 13.4. The monoisotopic (exact) mass is 813 g/mol. The van der Waals surface area contributed by atoms with Gasteiger partial charge in [-0.05, 0) is 108 Å². The van der Waals surface area contributed by atoms with Gasteiger partial charge < -0.3 is 24.3 Å². The third-order valence-corrected chi connectivity index (χ3v) is 13.4. The van der Waals surface area contributed by atoms with Crippen LogP contribution in [0.5, 0.6) is 0 Å². The SMILES string of the molecule is Cc1nc2n(c(=O)c1CCN1CCC(c3noc4cc(F)ccc34)CC1)CCCC2.OCCN1CCN(CCCN2c3ccccc3Sc3ccc(Cl)cc32)CC1. The van der Waals surface area contributed by atoms with Crippen molar-refractivity contribution in [3.63, 3.8) is 0 Å². The van der Waals surface area contributed by atoms with Crippen molar-refractivity contribution in [1.82, 2.24) is 29.4 Å². The van der Waals surface area contributed by atoms with E-state index < -0.39 is 0 Å². The number of aromatic nitrogens is 3. The van der Waals surface area contributed by atoms with Crippen LogP contribution in [0.1, 0.15) is 60.8 Å². The summed E-state index contributed by atoms with van der Waals surface area (Å²) in [6.07, 6.45) is 6.93. The molecule has 10 nitrogen and oxygen atoms in total. The Kier molecular flexibility index (Phi) is 12.9. The van der Waals surface area contributed by atoms with Crippen molar-refractivity contribution in [3.8, 4) is 0 Å². The minimum atomic E-state index is -0.303. The number of piperidine rings is 1. The summed E-state index contributed by atoms with van der Waals surface area (Å²) in [6.45, 7) is 13.0. The van der Waals surface area contributed by atoms with Crippen molar-refractivity contribution in [2.24, 2.45) is 0 Å². The summed E-state index contributed by atoms with van der Waals surface area (Å²) < 4.78 is 20.6. The van der Waals surface area contributed by atoms with E-state index in [1.54, 1.807) is 6.07 Å². The number of para-hydroxylation sites is 1. The van der Waals surface area contributed by atoms with Gasteiger partial charge in [0.15, 0.2) is 5.58 Å². The minimum Gasteiger partial charge on any atom is -0.395 e. The van der Waals surface area contributed by atoms with Gasteiger partial charge in [0.05, 0.1) is 23.7 Å². The maximum Gasteiger partial charge on any atom is 0.256 e. The molecule has 3 aromatic carbocycles. The Hall–Kier alpha value is -3.78. The van der Waals surface area contributed by atoms with Crippen molar-refractivity contribution in [1.29, 1.82) is 0 Å². The molecule has 2 saturated heterocycles. The number of rotatable bonds is 10. The van der Waals surface area contributed by atoms with Crippen LogP contribution < -0.4 is 10.5 Å². The van der Waals surface area contributed by atoms with Crippen LogP contribution in [0, 0.1) is 12.7 Å². The number of aliphatic hydroxyl groups excluding tert-OH is 1. The average molecular weight is 814 g/mol. The number of nitrogens with zero attached hydrogens (tertiary/aromatic N) is 7. The van der Waals surface area contributed by atoms with E-state index in [4.69, 9.17) is 26.2 Å². The van der Waals surface area contributed by atoms with E-state index in [2.05, 4.69) is 61.2 Å². The summed E-state index contributed by atoms with van der Waals surface area (Å²) in [5.74, 6) is 0.974. The number of hydrogen-bond donors (Lipinski definition) is 1. The van der Waals surface area contributed by atoms with E-state index >= 15 is 0 Å². The van der Waals surface area contributed by atoms with Crippen molar-refractivity contribution in [3.05, 3.63) is 105 Å². The number of halogens is 2. The summed E-state index contributed by atoms with van der Waals surface area (Å²) in [4.78, 5) is 29.9. The largest absolute Gasteiger partial charge is 0.395 e. The molecule has 4 aliphatic rings. The third kappa shape index (κ3) is 9.27. The molecule has 0 aliphatic carbocycles. The number of aliphatic hydroxyl groups is 1. The molecule has 6 heterocycles. The number of fused-ring (bicyclic) bond motifs is 4. The first-order chi connectivity index (χ1) is 27.8. The molecule has 0 unspecified atom stereocenters. The van der Waals surface area contributed by atoms with Gasteiger partial charge in [0.2, 0.25) is 0 Å². The van der Waals surface area contributed by atoms with Gasteiger partial charge in [-0.25, -0.2) is 9.37 Å². The summed E-state index contributed by atoms with van der Waals surface area (Å²) >= 11 is 8.12. The third-order valence-electron chi connectivity index (χ3n) is 12.0. The molecule has 1 N–H and O–H groups in total. The van der Waals surface area contributed by atoms with Gasteiger partial charge in [0.25, 0.3) is 5.56 Å². The molecule has 2 fully saturated rings. The Morgan fingerprint density at radius 2 is 1.61 bits per heavy atom. The van der Waals surface area contributed by atoms with E-state index in [9.17, 15) is 9.18 Å². The molecule has 0 bridgehead atoms. The van der Waals surface area contributed by atoms with Crippen molar-refractivity contribution in [2.45, 2.75) is 74.1 Å². The number of aryl methyl sites for hydroxylation is 2. The Morgan fingerprint density at radius 1 is 0.860 bits per heavy atom. The summed E-state index contributed by atoms with van der Waals surface area (Å²) in [6, 6.07) is 19.5. The van der Waals surface area contributed by atoms with Gasteiger partial charge in [-0.15, -0.1) is 0 Å². The molecule has 0 atom stereocenters. The second-order valence-corrected chi connectivity index (χ2v) is 17.2. The smallest absolute Gasteiger partial charge is 0.256 e. The molecular formula is C44H53ClFN7O3S. The summed E-state index contributed by atoms with van der Waals surface area (Å²) in [7, 11) is 0. The normalized spacial score (nSPS) is 17.9. The highest BCUT2D eigenvalue weighted by Gasteiger charge is 2.27. The van der Waals surface area contributed by atoms with Gasteiger partial charge >= 0.3 is 0 Å². The first kappa shape index (κ1) is 40.0. The predicted molar refractivity (Wildman–Crippen MR) is 226 cm³/mol. The Morgan fingerprint density at radius 3 is 2.42 bits per heavy atom. The molecule has 2 aromatic heterocycles. The lowest BCUT2D eigenvalue weighted by molar-refractivity contribution is 0.112. The Balaban J connectivity index is 0.000000161. The zero-order valence-electron chi connectivity index (χ0n) is 32.8. The lowest BCUT2D eigenvalue weighted by Gasteiger charge is -2.36. The van der Waals surface area contributed by atoms with Crippen LogP contribution in [0.4, 0.5) is 15.8 Å². The molecule has 0 saturated carbocycles. The van der Waals surface area contributed by atoms with Crippen LogP contribution in [0.3, 0.4) is 0 Å². The standard InChI is InChI=1S/C23H27FN4O2.C21H26ClN3OS/c1-15-18(23(29)28-10-3-2-4-21(28)25-15)9-13-27-11-7-16(8-12-27)22-19-6-5-17(24)14-20(19)30-26-22;22-17-6-7-21-19(16-17)25(18-4-1-2-5-20(18)27-21)9-3-8-23-10-12-24(13-11-23)14-15-26/h5-6,14,16H,2-4,7-13H2,1H3;1-2,4-7,16,26H,3,8-15H2. The van der Waals surface area contributed by atoms with Crippen LogP contribution in [0.25, 0.3) is 11.0 Å². The minimum absolute atomic E-state index is 0.161. The summed E-state index contributed by atoms with van der Waals surface area (Å²) in [5, 5.41) is 15.0. The molecule has 13 heteroatoms. The highest BCUT2D eigenvalue weighted by molar-refractivity contribution is 7.99. The molecule has 302 valence electrons. The van der Waals surface area contributed by atoms with Crippen LogP contribution >= 0.6 is 23.4 Å². The Labute approximate surface area is 343 Å². The maximum atomic E-state index is 13.4. The van der Waals surface area contributed by atoms with Crippen molar-refractivity contribution in [2.75, 3.05) is 77.0 Å². The summed E-state index contributed by atoms with van der Waals surface area (Å²) in [5.41, 5.74) is 5.88. The highest BCUT2D eigenvalue weighted by atomic mass is 35.5. The van der Waals surface area contributed by atoms with Crippen molar-refractivity contribution < 1.29 is 14.0 Å². The molecule has 4 aliphatic heterocycles. The van der Waals surface area contributed by atoms with Gasteiger partial charge in [-0.1, -0.05) is 40.7 Å². The number of benzene rings is 3. The van der Waals surface area contributed by atoms with E-state index in [1.165, 1.54) is 33.3 Å². The second-order valence-electron chi connectivity index (χ2n) is 15.7. The zero-order valence-corrected chi connectivity index (χ0v) is 34.4. The number of anilines is 2. The second kappa shape index (κ2) is 18.4. The first-order valence-electron chi connectivity index (χ1n) is 20.6. The molecule has 0 spiro atoms. The van der Waals surface area contributed by atoms with Crippen LogP contribution in [-0.4, -0.2) is 107 Å². The lowest BCUT2D eigenvalue weighted by atomic mass is 9.91. The molecular weight excluding hydrogens is 761 g/mol. The number of likely N-dealkylation sites (tertiary alicyclic amines) is 1.